The second kappa shape index (κ2) is 13.2. The van der Waals surface area contributed by atoms with Crippen LogP contribution in [-0.4, -0.2) is 62.4 Å². The number of allylic oxidation sites excluding steroid dienone is 3. The highest BCUT2D eigenvalue weighted by Crippen LogP contribution is 2.26. The number of carbonyl (C=O) groups excluding carboxylic acids is 1. The van der Waals surface area contributed by atoms with Crippen LogP contribution in [0, 0.1) is 5.92 Å². The molecule has 1 fully saturated rings. The third-order valence-electron chi connectivity index (χ3n) is 5.71. The first-order valence-corrected chi connectivity index (χ1v) is 13.0. The number of nitrogens with one attached hydrogen (secondary N) is 2. The maximum atomic E-state index is 12.2. The molecule has 3 unspecified atom stereocenters. The van der Waals surface area contributed by atoms with Gasteiger partial charge in [0.15, 0.2) is 0 Å². The Bertz CT molecular complexity index is 706. The topological polar surface area (TPSA) is 87.7 Å². The molecular weight excluding hydrogens is 414 g/mol. The Morgan fingerprint density at radius 1 is 1.23 bits per heavy atom. The monoisotopic (exact) mass is 457 g/mol. The Hall–Kier alpha value is -1.38. The van der Waals surface area contributed by atoms with Gasteiger partial charge in [0.25, 0.3) is 0 Å². The number of morpholine rings is 1. The molecule has 2 N–H and O–H groups in total. The second-order valence-corrected chi connectivity index (χ2v) is 11.3. The van der Waals surface area contributed by atoms with E-state index in [1.165, 1.54) is 5.70 Å². The summed E-state index contributed by atoms with van der Waals surface area (Å²) >= 11 is 0. The van der Waals surface area contributed by atoms with Gasteiger partial charge in [0.1, 0.15) is 0 Å². The molecule has 1 aliphatic rings. The zero-order valence-corrected chi connectivity index (χ0v) is 21.0. The Morgan fingerprint density at radius 2 is 1.90 bits per heavy atom. The summed E-state index contributed by atoms with van der Waals surface area (Å²) in [6, 6.07) is 0.289. The molecular formula is C23H43N3O4S. The first-order valence-electron chi connectivity index (χ1n) is 11.5. The van der Waals surface area contributed by atoms with Gasteiger partial charge in [0.05, 0.1) is 23.5 Å². The minimum atomic E-state index is -3.23. The van der Waals surface area contributed by atoms with Gasteiger partial charge >= 0.3 is 0 Å². The van der Waals surface area contributed by atoms with Crippen molar-refractivity contribution in [1.82, 2.24) is 14.9 Å². The lowest BCUT2D eigenvalue weighted by Gasteiger charge is -2.44. The van der Waals surface area contributed by atoms with E-state index < -0.39 is 15.3 Å². The van der Waals surface area contributed by atoms with Crippen LogP contribution in [0.3, 0.4) is 0 Å². The standard InChI is InChI=1S/C23H43N3O4S/c1-8-11-22(26-16-19(5)30-21(7)20(26)6)14-18(4)15-24-23(27)12-9-10-13-25-31(28,29)17(2)3/h8,11,17-21,25H,1,9-10,12-16H2,2-7H3,(H,24,27)/b22-11+/t18-,19?,20?,21?/m0/s1. The predicted molar refractivity (Wildman–Crippen MR) is 127 cm³/mol. The van der Waals surface area contributed by atoms with Crippen molar-refractivity contribution in [2.24, 2.45) is 5.92 Å². The Morgan fingerprint density at radius 3 is 2.52 bits per heavy atom. The van der Waals surface area contributed by atoms with Crippen molar-refractivity contribution in [3.05, 3.63) is 24.4 Å². The number of unbranched alkanes of at least 4 members (excludes halogenated alkanes) is 1. The molecule has 180 valence electrons. The van der Waals surface area contributed by atoms with Crippen LogP contribution in [-0.2, 0) is 19.6 Å². The van der Waals surface area contributed by atoms with Crippen LogP contribution in [0.2, 0.25) is 0 Å². The molecule has 0 saturated carbocycles. The smallest absolute Gasteiger partial charge is 0.220 e. The van der Waals surface area contributed by atoms with E-state index in [0.29, 0.717) is 32.4 Å². The van der Waals surface area contributed by atoms with E-state index in [1.807, 2.05) is 6.08 Å². The van der Waals surface area contributed by atoms with Gasteiger partial charge in [-0.3, -0.25) is 4.79 Å². The van der Waals surface area contributed by atoms with Gasteiger partial charge in [0, 0.05) is 31.8 Å². The molecule has 1 aliphatic heterocycles. The molecule has 0 aliphatic carbocycles. The quantitative estimate of drug-likeness (QED) is 0.328. The number of nitrogens with zero attached hydrogens (tertiary/aromatic N) is 1. The third kappa shape index (κ3) is 9.74. The predicted octanol–water partition coefficient (Wildman–Crippen LogP) is 3.19. The van der Waals surface area contributed by atoms with E-state index in [9.17, 15) is 13.2 Å². The van der Waals surface area contributed by atoms with E-state index in [2.05, 4.69) is 55.3 Å². The van der Waals surface area contributed by atoms with Crippen molar-refractivity contribution in [2.45, 2.75) is 90.7 Å². The van der Waals surface area contributed by atoms with Gasteiger partial charge in [-0.1, -0.05) is 19.6 Å². The molecule has 0 aromatic rings. The minimum absolute atomic E-state index is 0.00908. The summed E-state index contributed by atoms with van der Waals surface area (Å²) < 4.78 is 31.9. The maximum Gasteiger partial charge on any atom is 0.220 e. The lowest BCUT2D eigenvalue weighted by molar-refractivity contribution is -0.121. The Kier molecular flexibility index (Phi) is 11.8. The summed E-state index contributed by atoms with van der Waals surface area (Å²) in [6.45, 7) is 17.5. The normalized spacial score (nSPS) is 23.6. The maximum absolute atomic E-state index is 12.2. The summed E-state index contributed by atoms with van der Waals surface area (Å²) in [4.78, 5) is 14.6. The number of hydrogen-bond acceptors (Lipinski definition) is 5. The summed E-state index contributed by atoms with van der Waals surface area (Å²) in [6.07, 6.45) is 6.80. The number of carbonyl (C=O) groups is 1. The molecule has 0 radical (unpaired) electrons. The van der Waals surface area contributed by atoms with E-state index >= 15 is 0 Å². The van der Waals surface area contributed by atoms with Crippen LogP contribution in [0.1, 0.15) is 67.2 Å². The van der Waals surface area contributed by atoms with Crippen LogP contribution in [0.15, 0.2) is 24.4 Å². The van der Waals surface area contributed by atoms with Crippen LogP contribution >= 0.6 is 0 Å². The van der Waals surface area contributed by atoms with Crippen molar-refractivity contribution in [1.29, 1.82) is 0 Å². The highest BCUT2D eigenvalue weighted by atomic mass is 32.2. The summed E-state index contributed by atoms with van der Waals surface area (Å²) in [5.74, 6) is 0.295. The molecule has 7 nitrogen and oxygen atoms in total. The highest BCUT2D eigenvalue weighted by molar-refractivity contribution is 7.90. The Balaban J connectivity index is 2.40. The summed E-state index contributed by atoms with van der Waals surface area (Å²) in [5, 5.41) is 2.57. The van der Waals surface area contributed by atoms with Gasteiger partial charge in [-0.05, 0) is 65.9 Å². The lowest BCUT2D eigenvalue weighted by atomic mass is 10.00. The average Bonchev–Trinajstić information content (AvgIpc) is 2.68. The second-order valence-electron chi connectivity index (χ2n) is 9.00. The van der Waals surface area contributed by atoms with Crippen molar-refractivity contribution < 1.29 is 17.9 Å². The van der Waals surface area contributed by atoms with E-state index in [0.717, 1.165) is 13.0 Å². The number of sulfonamides is 1. The molecule has 0 spiro atoms. The van der Waals surface area contributed by atoms with Crippen LogP contribution in [0.25, 0.3) is 0 Å². The van der Waals surface area contributed by atoms with Crippen LogP contribution in [0.5, 0.6) is 0 Å². The molecule has 0 aromatic heterocycles. The zero-order valence-electron chi connectivity index (χ0n) is 20.2. The molecule has 8 heteroatoms. The molecule has 1 rings (SSSR count). The number of hydrogen-bond donors (Lipinski definition) is 2. The van der Waals surface area contributed by atoms with E-state index in [-0.39, 0.29) is 30.1 Å². The van der Waals surface area contributed by atoms with Crippen molar-refractivity contribution >= 4 is 15.9 Å². The van der Waals surface area contributed by atoms with Crippen LogP contribution in [0.4, 0.5) is 0 Å². The molecule has 1 saturated heterocycles. The molecule has 31 heavy (non-hydrogen) atoms. The van der Waals surface area contributed by atoms with Gasteiger partial charge < -0.3 is 15.0 Å². The van der Waals surface area contributed by atoms with Gasteiger partial charge in [-0.15, -0.1) is 0 Å². The number of ether oxygens (including phenoxy) is 1. The van der Waals surface area contributed by atoms with E-state index in [1.54, 1.807) is 13.8 Å². The minimum Gasteiger partial charge on any atom is -0.372 e. The Labute approximate surface area is 189 Å². The van der Waals surface area contributed by atoms with Crippen molar-refractivity contribution in [2.75, 3.05) is 19.6 Å². The average molecular weight is 458 g/mol. The fourth-order valence-corrected chi connectivity index (χ4v) is 4.38. The highest BCUT2D eigenvalue weighted by Gasteiger charge is 2.30. The molecule has 1 amide bonds. The van der Waals surface area contributed by atoms with Crippen molar-refractivity contribution in [3.63, 3.8) is 0 Å². The number of amides is 1. The SMILES string of the molecule is C=C/C=C(\C[C@H](C)CNC(=O)CCCCNS(=O)(=O)C(C)C)N1CC(C)OC(C)C1C. The zero-order chi connectivity index (χ0) is 23.6. The molecule has 4 atom stereocenters. The summed E-state index contributed by atoms with van der Waals surface area (Å²) in [5.41, 5.74) is 1.23. The van der Waals surface area contributed by atoms with Gasteiger partial charge in [-0.25, -0.2) is 13.1 Å². The fraction of sp³-hybridized carbons (Fsp3) is 0.783. The largest absolute Gasteiger partial charge is 0.372 e. The van der Waals surface area contributed by atoms with Gasteiger partial charge in [0.2, 0.25) is 15.9 Å². The van der Waals surface area contributed by atoms with E-state index in [4.69, 9.17) is 4.74 Å². The van der Waals surface area contributed by atoms with Gasteiger partial charge in [-0.2, -0.15) is 0 Å². The summed E-state index contributed by atoms with van der Waals surface area (Å²) in [7, 11) is -3.23. The number of rotatable bonds is 13. The third-order valence-corrected chi connectivity index (χ3v) is 7.56. The first-order chi connectivity index (χ1) is 14.5. The van der Waals surface area contributed by atoms with Crippen LogP contribution < -0.4 is 10.0 Å². The molecule has 0 bridgehead atoms. The van der Waals surface area contributed by atoms with Crippen molar-refractivity contribution in [3.8, 4) is 0 Å². The first kappa shape index (κ1) is 27.7. The fourth-order valence-electron chi connectivity index (χ4n) is 3.61. The molecule has 1 heterocycles. The lowest BCUT2D eigenvalue weighted by Crippen LogP contribution is -2.51. The molecule has 0 aromatic carbocycles.